The van der Waals surface area contributed by atoms with E-state index in [1.54, 1.807) is 12.1 Å². The molecule has 33 heteroatoms. The molecule has 0 radical (unpaired) electrons. The van der Waals surface area contributed by atoms with E-state index in [9.17, 15) is 47.9 Å². The fourth-order valence-corrected chi connectivity index (χ4v) is 15.6. The van der Waals surface area contributed by atoms with E-state index in [1.807, 2.05) is 41.5 Å². The first kappa shape index (κ1) is 101. The Morgan fingerprint density at radius 1 is 0.431 bits per heavy atom. The lowest BCUT2D eigenvalue weighted by Gasteiger charge is -2.44. The van der Waals surface area contributed by atoms with Gasteiger partial charge in [-0.3, -0.25) is 47.9 Å². The monoisotopic (exact) mass is 1660 g/mol. The zero-order chi connectivity index (χ0) is 85.7. The van der Waals surface area contributed by atoms with E-state index in [1.165, 1.54) is 41.5 Å². The molecule has 0 bridgehead atoms. The quantitative estimate of drug-likeness (QED) is 0.0153. The molecule has 1 aromatic rings. The van der Waals surface area contributed by atoms with Gasteiger partial charge in [0.2, 0.25) is 35.3 Å². The van der Waals surface area contributed by atoms with Gasteiger partial charge in [0.1, 0.15) is 38.8 Å². The number of nitrogens with zero attached hydrogens (tertiary/aromatic N) is 2. The van der Waals surface area contributed by atoms with Crippen LogP contribution in [0.25, 0.3) is 0 Å². The molecule has 6 N–H and O–H groups in total. The molecule has 3 aliphatic rings. The van der Waals surface area contributed by atoms with Crippen molar-refractivity contribution in [3.05, 3.63) is 17.7 Å². The second kappa shape index (κ2) is 56.5. The minimum Gasteiger partial charge on any atom is -0.488 e. The van der Waals surface area contributed by atoms with E-state index >= 15 is 0 Å². The number of carbonyl (C=O) groups is 10. The second-order valence-corrected chi connectivity index (χ2v) is 32.6. The van der Waals surface area contributed by atoms with Crippen LogP contribution in [0.5, 0.6) is 17.2 Å². The maximum absolute atomic E-state index is 14.2. The maximum Gasteiger partial charge on any atom is 0.302 e. The fourth-order valence-electron chi connectivity index (χ4n) is 14.0. The van der Waals surface area contributed by atoms with Crippen LogP contribution in [0.4, 0.5) is 0 Å². The third kappa shape index (κ3) is 38.9. The van der Waals surface area contributed by atoms with E-state index in [2.05, 4.69) is 70.3 Å². The van der Waals surface area contributed by atoms with Gasteiger partial charge in [0.25, 0.3) is 14.4 Å². The standard InChI is InChI=1S/C83H139N8O24P/c1-53(2)91(54(3)4)116(112-45-31-36-84)111-44-29-18-17-25-37-87-80(101)67-48-69(102-46-38-85-74(99)34-23-20-27-41-106-82-77(89-62(12)93)59(9)56(6)72(114-82)51-109-65(15)96)79(104-43-30-33-68(98)32-22-19-26-40-105-81-76(88-61(11)92)58(8)55(5)71(113-81)50-108-64(14)95)70(49-67)103-47-39-86-75(100)35-24-21-28-42-107-83-78(90-63(13)94)60(10)57(7)73(115-83)52-110-66(16)97/h48-49,53-60,71-73,76-78,81-83H,17-35,37-47,50-52H2,1-16H3,(H,85,99)(H,86,100)(H,87,101)(H,88,92)(H,89,93)(H,90,94). The first-order valence-electron chi connectivity index (χ1n) is 42.0. The summed E-state index contributed by atoms with van der Waals surface area (Å²) in [7, 11) is -1.37. The minimum atomic E-state index is -1.37. The van der Waals surface area contributed by atoms with E-state index in [4.69, 9.17) is 71.2 Å². The van der Waals surface area contributed by atoms with Crippen molar-refractivity contribution in [2.75, 3.05) is 92.3 Å². The highest BCUT2D eigenvalue weighted by Crippen LogP contribution is 2.46. The molecule has 4 rings (SSSR count). The Labute approximate surface area is 689 Å². The van der Waals surface area contributed by atoms with Crippen LogP contribution in [-0.2, 0) is 94.8 Å². The molecule has 1 aromatic carbocycles. The molecule has 0 spiro atoms. The van der Waals surface area contributed by atoms with Gasteiger partial charge >= 0.3 is 17.9 Å². The largest absolute Gasteiger partial charge is 0.488 e. The van der Waals surface area contributed by atoms with Crippen LogP contribution in [0.15, 0.2) is 12.1 Å². The second-order valence-electron chi connectivity index (χ2n) is 31.2. The van der Waals surface area contributed by atoms with Crippen molar-refractivity contribution in [2.24, 2.45) is 35.5 Å². The molecular weight excluding hydrogens is 1520 g/mol. The Kier molecular flexibility index (Phi) is 49.4. The minimum absolute atomic E-state index is 0.0188. The van der Waals surface area contributed by atoms with Crippen LogP contribution in [-0.4, -0.2) is 224 Å². The predicted molar refractivity (Wildman–Crippen MR) is 432 cm³/mol. The number of hydrogen-bond acceptors (Lipinski definition) is 26. The molecule has 32 nitrogen and oxygen atoms in total. The molecule has 3 heterocycles. The van der Waals surface area contributed by atoms with Crippen molar-refractivity contribution in [3.63, 3.8) is 0 Å². The molecule has 16 atom stereocenters. The van der Waals surface area contributed by atoms with Crippen molar-refractivity contribution in [2.45, 2.75) is 300 Å². The molecule has 3 saturated heterocycles. The maximum atomic E-state index is 14.2. The Bertz CT molecular complexity index is 3050. The molecule has 660 valence electrons. The van der Waals surface area contributed by atoms with Gasteiger partial charge in [-0.1, -0.05) is 73.6 Å². The molecule has 0 saturated carbocycles. The lowest BCUT2D eigenvalue weighted by atomic mass is 9.82. The van der Waals surface area contributed by atoms with Crippen molar-refractivity contribution in [1.29, 1.82) is 5.26 Å². The van der Waals surface area contributed by atoms with Crippen LogP contribution in [0.1, 0.15) is 243 Å². The molecule has 0 aromatic heterocycles. The summed E-state index contributed by atoms with van der Waals surface area (Å²) in [5.74, 6) is -2.64. The molecule has 3 fully saturated rings. The zero-order valence-corrected chi connectivity index (χ0v) is 72.8. The number of ether oxygens (including phenoxy) is 12. The van der Waals surface area contributed by atoms with Gasteiger partial charge in [-0.25, -0.2) is 4.67 Å². The summed E-state index contributed by atoms with van der Waals surface area (Å²) < 4.78 is 86.8. The molecule has 3 aliphatic heterocycles. The third-order valence-corrected chi connectivity index (χ3v) is 23.1. The summed E-state index contributed by atoms with van der Waals surface area (Å²) in [6, 6.07) is 4.29. The van der Waals surface area contributed by atoms with E-state index < -0.39 is 87.6 Å². The highest BCUT2D eigenvalue weighted by Gasteiger charge is 2.46. The average molecular weight is 1660 g/mol. The summed E-state index contributed by atoms with van der Waals surface area (Å²) in [6.07, 6.45) is 6.34. The number of nitrogens with one attached hydrogen (secondary N) is 6. The fraction of sp³-hybridized carbons (Fsp3) is 0.795. The lowest BCUT2D eigenvalue weighted by Crippen LogP contribution is -2.58. The van der Waals surface area contributed by atoms with Gasteiger partial charge in [-0.15, -0.1) is 0 Å². The first-order valence-corrected chi connectivity index (χ1v) is 43.1. The number of hydrogen-bond donors (Lipinski definition) is 6. The van der Waals surface area contributed by atoms with Crippen LogP contribution in [0, 0.1) is 46.8 Å². The Balaban J connectivity index is 1.46. The summed E-state index contributed by atoms with van der Waals surface area (Å²) >= 11 is 0. The topological polar surface area (TPSA) is 399 Å². The highest BCUT2D eigenvalue weighted by atomic mass is 31.2. The number of benzene rings is 1. The Morgan fingerprint density at radius 3 is 1.19 bits per heavy atom. The molecule has 0 aliphatic carbocycles. The summed E-state index contributed by atoms with van der Waals surface area (Å²) in [6.45, 7) is 30.8. The molecule has 16 unspecified atom stereocenters. The number of amides is 6. The smallest absolute Gasteiger partial charge is 0.302 e. The summed E-state index contributed by atoms with van der Waals surface area (Å²) in [5.41, 5.74) is 0.187. The van der Waals surface area contributed by atoms with Gasteiger partial charge in [0, 0.05) is 111 Å². The van der Waals surface area contributed by atoms with Crippen LogP contribution in [0.2, 0.25) is 0 Å². The Hall–Kier alpha value is -6.92. The summed E-state index contributed by atoms with van der Waals surface area (Å²) in [5, 5.41) is 26.9. The lowest BCUT2D eigenvalue weighted by molar-refractivity contribution is -0.244. The van der Waals surface area contributed by atoms with Crippen molar-refractivity contribution < 1.29 is 114 Å². The Morgan fingerprint density at radius 2 is 0.802 bits per heavy atom. The third-order valence-electron chi connectivity index (χ3n) is 21.0. The van der Waals surface area contributed by atoms with Crippen LogP contribution >= 0.6 is 8.53 Å². The number of Topliss-reactive ketones (excluding diaryl/α,β-unsaturated/α-hetero) is 1. The van der Waals surface area contributed by atoms with E-state index in [0.29, 0.717) is 96.8 Å². The number of carbonyl (C=O) groups excluding carboxylic acids is 10. The SMILES string of the molecule is CC(=O)NC1C(OCCCCCC(=O)CCCOc2c(OCCNC(=O)CCCCCOC3OC(COC(C)=O)C(C)C(C)C3NC(C)=O)cc(C(=O)NCCCCCCOP(OCCC#N)N(C(C)C)C(C)C)cc2OCCNC(=O)CCCCCOC2OC(COC(C)=O)C(C)C(C)C2NC(C)=O)OC(COC(C)=O)C(C)C1C. The molecule has 6 amide bonds. The number of ketones is 1. The predicted octanol–water partition coefficient (Wildman–Crippen LogP) is 9.91. The summed E-state index contributed by atoms with van der Waals surface area (Å²) in [4.78, 5) is 126. The number of rotatable bonds is 58. The van der Waals surface area contributed by atoms with Gasteiger partial charge in [-0.2, -0.15) is 5.26 Å². The van der Waals surface area contributed by atoms with Crippen LogP contribution in [0.3, 0.4) is 0 Å². The van der Waals surface area contributed by atoms with Gasteiger partial charge in [0.15, 0.2) is 30.4 Å². The number of esters is 3. The van der Waals surface area contributed by atoms with Gasteiger partial charge < -0.3 is 97.8 Å². The van der Waals surface area contributed by atoms with Crippen molar-refractivity contribution in [1.82, 2.24) is 36.6 Å². The normalized spacial score (nSPS) is 23.4. The molecular formula is C83H139N8O24P. The molecule has 116 heavy (non-hydrogen) atoms. The van der Waals surface area contributed by atoms with Gasteiger partial charge in [-0.05, 0) is 133 Å². The van der Waals surface area contributed by atoms with E-state index in [-0.39, 0.29) is 204 Å². The average Bonchev–Trinajstić information content (AvgIpc) is 0.814. The highest BCUT2D eigenvalue weighted by molar-refractivity contribution is 7.44. The van der Waals surface area contributed by atoms with Gasteiger partial charge in [0.05, 0.1) is 81.8 Å². The van der Waals surface area contributed by atoms with E-state index in [0.717, 1.165) is 19.3 Å². The van der Waals surface area contributed by atoms with Crippen molar-refractivity contribution in [3.8, 4) is 23.3 Å². The number of nitriles is 1. The first-order chi connectivity index (χ1) is 55.3. The zero-order valence-electron chi connectivity index (χ0n) is 71.9. The van der Waals surface area contributed by atoms with Crippen molar-refractivity contribution >= 4 is 67.7 Å². The number of unbranched alkanes of at least 4 members (excludes halogenated alkanes) is 9. The van der Waals surface area contributed by atoms with Crippen LogP contribution < -0.4 is 46.1 Å².